The molecule has 8 heteroatoms. The molecule has 0 aliphatic heterocycles. The second-order valence-corrected chi connectivity index (χ2v) is 5.67. The molecule has 1 amide bonds. The highest BCUT2D eigenvalue weighted by molar-refractivity contribution is 5.98. The third-order valence-electron chi connectivity index (χ3n) is 3.94. The van der Waals surface area contributed by atoms with Crippen LogP contribution < -0.4 is 10.7 Å². The third-order valence-corrected chi connectivity index (χ3v) is 3.94. The minimum Gasteiger partial charge on any atom is -0.465 e. The Morgan fingerprint density at radius 1 is 1.42 bits per heavy atom. The maximum Gasteiger partial charge on any atom is 0.339 e. The van der Waals surface area contributed by atoms with E-state index in [9.17, 15) is 9.59 Å². The Hall–Kier alpha value is -2.61. The number of nitrogens with zero attached hydrogens (tertiary/aromatic N) is 3. The molecule has 0 radical (unpaired) electrons. The average molecular weight is 333 g/mol. The standard InChI is InChI=1S/C16H23N5O3/c1-6-20(3)21(4)19-13-10(2)12(16(23)24-5)9-17-14(13)18-15(22)11-7-8-11/h6,9,11,19H,1,7-8H2,2-5H3,(H,17,18,22). The van der Waals surface area contributed by atoms with E-state index in [0.717, 1.165) is 12.8 Å². The average Bonchev–Trinajstić information content (AvgIpc) is 3.41. The number of esters is 1. The van der Waals surface area contributed by atoms with Crippen LogP contribution in [0.5, 0.6) is 0 Å². The fourth-order valence-corrected chi connectivity index (χ4v) is 2.08. The van der Waals surface area contributed by atoms with E-state index in [-0.39, 0.29) is 11.8 Å². The molecule has 0 atom stereocenters. The fraction of sp³-hybridized carbons (Fsp3) is 0.438. The summed E-state index contributed by atoms with van der Waals surface area (Å²) in [5.74, 6) is -0.117. The monoisotopic (exact) mass is 333 g/mol. The van der Waals surface area contributed by atoms with E-state index in [1.807, 2.05) is 0 Å². The molecule has 1 heterocycles. The lowest BCUT2D eigenvalue weighted by Gasteiger charge is -2.29. The lowest BCUT2D eigenvalue weighted by Crippen LogP contribution is -2.37. The normalized spacial score (nSPS) is 13.4. The highest BCUT2D eigenvalue weighted by atomic mass is 16.5. The number of hydrazine groups is 2. The van der Waals surface area contributed by atoms with E-state index in [1.165, 1.54) is 13.3 Å². The summed E-state index contributed by atoms with van der Waals surface area (Å²) < 4.78 is 4.78. The van der Waals surface area contributed by atoms with Crippen LogP contribution in [0, 0.1) is 12.8 Å². The summed E-state index contributed by atoms with van der Waals surface area (Å²) in [6, 6.07) is 0. The van der Waals surface area contributed by atoms with Crippen molar-refractivity contribution in [2.24, 2.45) is 5.92 Å². The predicted molar refractivity (Wildman–Crippen MR) is 91.0 cm³/mol. The molecule has 130 valence electrons. The summed E-state index contributed by atoms with van der Waals surface area (Å²) in [7, 11) is 4.89. The van der Waals surface area contributed by atoms with Crippen molar-refractivity contribution in [3.05, 3.63) is 30.1 Å². The van der Waals surface area contributed by atoms with Crippen LogP contribution in [-0.4, -0.2) is 48.2 Å². The first-order valence-corrected chi connectivity index (χ1v) is 7.63. The van der Waals surface area contributed by atoms with Gasteiger partial charge in [0.05, 0.1) is 18.4 Å². The van der Waals surface area contributed by atoms with E-state index < -0.39 is 5.97 Å². The van der Waals surface area contributed by atoms with Crippen LogP contribution in [0.2, 0.25) is 0 Å². The zero-order valence-corrected chi connectivity index (χ0v) is 14.4. The van der Waals surface area contributed by atoms with E-state index in [1.54, 1.807) is 37.3 Å². The van der Waals surface area contributed by atoms with Gasteiger partial charge in [-0.2, -0.15) is 0 Å². The molecule has 8 nitrogen and oxygen atoms in total. The number of carbonyl (C=O) groups is 2. The van der Waals surface area contributed by atoms with Gasteiger partial charge >= 0.3 is 5.97 Å². The number of ether oxygens (including phenoxy) is 1. The van der Waals surface area contributed by atoms with E-state index in [0.29, 0.717) is 22.6 Å². The minimum atomic E-state index is -0.483. The molecule has 0 bridgehead atoms. The number of nitrogens with one attached hydrogen (secondary N) is 2. The molecular weight excluding hydrogens is 310 g/mol. The van der Waals surface area contributed by atoms with Gasteiger partial charge in [0.15, 0.2) is 5.82 Å². The minimum absolute atomic E-state index is 0.0498. The molecule has 1 saturated carbocycles. The van der Waals surface area contributed by atoms with Gasteiger partial charge in [-0.05, 0) is 25.3 Å². The lowest BCUT2D eigenvalue weighted by molar-refractivity contribution is -0.117. The van der Waals surface area contributed by atoms with Gasteiger partial charge in [0, 0.05) is 32.4 Å². The highest BCUT2D eigenvalue weighted by Gasteiger charge is 2.31. The summed E-state index contributed by atoms with van der Waals surface area (Å²) in [4.78, 5) is 28.2. The number of carbonyl (C=O) groups excluding carboxylic acids is 2. The number of aromatic nitrogens is 1. The molecule has 1 aromatic rings. The van der Waals surface area contributed by atoms with Crippen molar-refractivity contribution in [2.75, 3.05) is 31.9 Å². The molecule has 0 aromatic carbocycles. The van der Waals surface area contributed by atoms with Gasteiger partial charge in [-0.1, -0.05) is 6.58 Å². The number of methoxy groups -OCH3 is 1. The van der Waals surface area contributed by atoms with Crippen molar-refractivity contribution in [1.29, 1.82) is 0 Å². The first-order valence-electron chi connectivity index (χ1n) is 7.63. The maximum absolute atomic E-state index is 12.1. The largest absolute Gasteiger partial charge is 0.465 e. The van der Waals surface area contributed by atoms with Crippen LogP contribution in [0.4, 0.5) is 11.5 Å². The Kier molecular flexibility index (Phi) is 5.40. The summed E-state index contributed by atoms with van der Waals surface area (Å²) in [6.45, 7) is 5.46. The van der Waals surface area contributed by atoms with Crippen molar-refractivity contribution in [2.45, 2.75) is 19.8 Å². The lowest BCUT2D eigenvalue weighted by atomic mass is 10.1. The number of hydrogen-bond acceptors (Lipinski definition) is 7. The molecule has 1 aromatic heterocycles. The Morgan fingerprint density at radius 2 is 2.08 bits per heavy atom. The first-order chi connectivity index (χ1) is 11.4. The van der Waals surface area contributed by atoms with Crippen molar-refractivity contribution in [3.63, 3.8) is 0 Å². The van der Waals surface area contributed by atoms with Gasteiger partial charge in [0.1, 0.15) is 0 Å². The SMILES string of the molecule is C=CN(C)N(C)Nc1c(NC(=O)C2CC2)ncc(C(=O)OC)c1C. The molecule has 1 aliphatic carbocycles. The molecule has 24 heavy (non-hydrogen) atoms. The van der Waals surface area contributed by atoms with Crippen molar-refractivity contribution < 1.29 is 14.3 Å². The number of amides is 1. The molecule has 2 rings (SSSR count). The summed E-state index contributed by atoms with van der Waals surface area (Å²) in [5.41, 5.74) is 4.61. The predicted octanol–water partition coefficient (Wildman–Crippen LogP) is 1.77. The van der Waals surface area contributed by atoms with E-state index in [2.05, 4.69) is 22.3 Å². The van der Waals surface area contributed by atoms with Gasteiger partial charge in [0.25, 0.3) is 0 Å². The van der Waals surface area contributed by atoms with Crippen molar-refractivity contribution in [1.82, 2.24) is 15.1 Å². The second kappa shape index (κ2) is 7.31. The van der Waals surface area contributed by atoms with Crippen LogP contribution in [0.3, 0.4) is 0 Å². The molecule has 1 fully saturated rings. The van der Waals surface area contributed by atoms with Crippen molar-refractivity contribution in [3.8, 4) is 0 Å². The first kappa shape index (κ1) is 17.7. The summed E-state index contributed by atoms with van der Waals surface area (Å²) >= 11 is 0. The fourth-order valence-electron chi connectivity index (χ4n) is 2.08. The van der Waals surface area contributed by atoms with E-state index in [4.69, 9.17) is 4.74 Å². The zero-order chi connectivity index (χ0) is 17.9. The van der Waals surface area contributed by atoms with Gasteiger partial charge < -0.3 is 10.1 Å². The van der Waals surface area contributed by atoms with Crippen LogP contribution in [0.25, 0.3) is 0 Å². The Bertz CT molecular complexity index is 657. The molecule has 0 saturated heterocycles. The van der Waals surface area contributed by atoms with Crippen LogP contribution in [-0.2, 0) is 9.53 Å². The van der Waals surface area contributed by atoms with E-state index >= 15 is 0 Å². The highest BCUT2D eigenvalue weighted by Crippen LogP contribution is 2.32. The number of rotatable bonds is 7. The van der Waals surface area contributed by atoms with Gasteiger partial charge in [0.2, 0.25) is 5.91 Å². The van der Waals surface area contributed by atoms with Gasteiger partial charge in [-0.25, -0.2) is 9.78 Å². The van der Waals surface area contributed by atoms with Crippen LogP contribution in [0.15, 0.2) is 19.0 Å². The number of hydrogen-bond donors (Lipinski definition) is 2. The second-order valence-electron chi connectivity index (χ2n) is 5.67. The molecule has 2 N–H and O–H groups in total. The Morgan fingerprint density at radius 3 is 2.62 bits per heavy atom. The topological polar surface area (TPSA) is 86.8 Å². The van der Waals surface area contributed by atoms with Crippen LogP contribution in [0.1, 0.15) is 28.8 Å². The molecular formula is C16H23N5O3. The molecule has 0 spiro atoms. The molecule has 0 unspecified atom stereocenters. The Labute approximate surface area is 141 Å². The smallest absolute Gasteiger partial charge is 0.339 e. The Balaban J connectivity index is 2.37. The zero-order valence-electron chi connectivity index (χ0n) is 14.4. The molecule has 1 aliphatic rings. The summed E-state index contributed by atoms with van der Waals surface area (Å²) in [6.07, 6.45) is 4.81. The van der Waals surface area contributed by atoms with Gasteiger partial charge in [-0.15, -0.1) is 5.12 Å². The quantitative estimate of drug-likeness (QED) is 0.581. The van der Waals surface area contributed by atoms with Gasteiger partial charge in [-0.3, -0.25) is 15.2 Å². The van der Waals surface area contributed by atoms with Crippen molar-refractivity contribution >= 4 is 23.4 Å². The number of anilines is 2. The maximum atomic E-state index is 12.1. The van der Waals surface area contributed by atoms with Crippen LogP contribution >= 0.6 is 0 Å². The summed E-state index contributed by atoms with van der Waals surface area (Å²) in [5, 5.41) is 6.19. The third kappa shape index (κ3) is 3.83. The number of pyridine rings is 1.